The van der Waals surface area contributed by atoms with Crippen molar-refractivity contribution in [3.8, 4) is 0 Å². The summed E-state index contributed by atoms with van der Waals surface area (Å²) in [5, 5.41) is 8.65. The van der Waals surface area contributed by atoms with E-state index in [2.05, 4.69) is 0 Å². The third-order valence-electron chi connectivity index (χ3n) is 2.73. The fraction of sp³-hybridized carbons (Fsp3) is 0.889. The molecule has 0 aliphatic carbocycles. The number of aliphatic carboxylic acids is 1. The first-order valence-electron chi connectivity index (χ1n) is 4.84. The number of hydrogen-bond donors (Lipinski definition) is 1. The van der Waals surface area contributed by atoms with Crippen molar-refractivity contribution in [2.45, 2.75) is 25.2 Å². The summed E-state index contributed by atoms with van der Waals surface area (Å²) in [7, 11) is 0. The Bertz CT molecular complexity index is 277. The van der Waals surface area contributed by atoms with E-state index in [1.165, 1.54) is 4.90 Å². The van der Waals surface area contributed by atoms with Crippen molar-refractivity contribution in [1.82, 2.24) is 4.90 Å². The third-order valence-corrected chi connectivity index (χ3v) is 2.73. The first-order chi connectivity index (χ1) is 7.13. The van der Waals surface area contributed by atoms with Crippen molar-refractivity contribution in [3.05, 3.63) is 0 Å². The maximum Gasteiger partial charge on any atom is 0.423 e. The van der Waals surface area contributed by atoms with Crippen LogP contribution in [-0.2, 0) is 4.79 Å². The van der Waals surface area contributed by atoms with Crippen LogP contribution < -0.4 is 0 Å². The molecular formula is C9H13F4NO2. The van der Waals surface area contributed by atoms with Gasteiger partial charge < -0.3 is 5.11 Å². The molecule has 1 heterocycles. The van der Waals surface area contributed by atoms with E-state index in [-0.39, 0.29) is 19.5 Å². The van der Waals surface area contributed by atoms with Crippen LogP contribution in [0.15, 0.2) is 0 Å². The van der Waals surface area contributed by atoms with E-state index in [4.69, 9.17) is 5.11 Å². The largest absolute Gasteiger partial charge is 0.481 e. The molecule has 16 heavy (non-hydrogen) atoms. The van der Waals surface area contributed by atoms with E-state index in [9.17, 15) is 22.4 Å². The average Bonchev–Trinajstić information content (AvgIpc) is 2.49. The van der Waals surface area contributed by atoms with Gasteiger partial charge in [-0.1, -0.05) is 0 Å². The number of hydrogen-bond acceptors (Lipinski definition) is 2. The van der Waals surface area contributed by atoms with Crippen LogP contribution in [-0.4, -0.2) is 47.5 Å². The lowest BCUT2D eigenvalue weighted by atomic mass is 10.1. The topological polar surface area (TPSA) is 40.5 Å². The van der Waals surface area contributed by atoms with Gasteiger partial charge in [0, 0.05) is 13.1 Å². The van der Waals surface area contributed by atoms with Gasteiger partial charge in [0.1, 0.15) is 0 Å². The molecule has 7 heteroatoms. The number of likely N-dealkylation sites (tertiary alicyclic amines) is 1. The maximum absolute atomic E-state index is 13.3. The van der Waals surface area contributed by atoms with Crippen LogP contribution in [0.5, 0.6) is 0 Å². The second-order valence-electron chi connectivity index (χ2n) is 4.25. The fourth-order valence-corrected chi connectivity index (χ4v) is 1.69. The van der Waals surface area contributed by atoms with Gasteiger partial charge in [-0.25, -0.2) is 4.39 Å². The molecule has 1 N–H and O–H groups in total. The van der Waals surface area contributed by atoms with E-state index in [1.807, 2.05) is 0 Å². The van der Waals surface area contributed by atoms with Gasteiger partial charge in [-0.15, -0.1) is 0 Å². The Morgan fingerprint density at radius 1 is 1.44 bits per heavy atom. The maximum atomic E-state index is 13.3. The number of rotatable bonds is 3. The first kappa shape index (κ1) is 13.2. The van der Waals surface area contributed by atoms with E-state index in [1.54, 1.807) is 0 Å². The summed E-state index contributed by atoms with van der Waals surface area (Å²) < 4.78 is 49.9. The number of nitrogens with zero attached hydrogens (tertiary/aromatic N) is 1. The van der Waals surface area contributed by atoms with Crippen LogP contribution in [0.3, 0.4) is 0 Å². The molecule has 1 saturated heterocycles. The Labute approximate surface area is 90.0 Å². The standard InChI is InChI=1S/C9H13F4NO2/c1-8(10,9(11,12)13)5-14-3-2-6(4-14)7(15)16/h6H,2-5H2,1H3,(H,15,16). The SMILES string of the molecule is CC(F)(CN1CCC(C(=O)O)C1)C(F)(F)F. The predicted octanol–water partition coefficient (Wildman–Crippen LogP) is 1.68. The summed E-state index contributed by atoms with van der Waals surface area (Å²) in [6.07, 6.45) is -4.66. The molecule has 0 aromatic heterocycles. The van der Waals surface area contributed by atoms with Crippen molar-refractivity contribution in [2.24, 2.45) is 5.92 Å². The Morgan fingerprint density at radius 3 is 2.38 bits per heavy atom. The minimum Gasteiger partial charge on any atom is -0.481 e. The summed E-state index contributed by atoms with van der Waals surface area (Å²) >= 11 is 0. The van der Waals surface area contributed by atoms with Gasteiger partial charge in [-0.3, -0.25) is 9.69 Å². The summed E-state index contributed by atoms with van der Waals surface area (Å²) in [6, 6.07) is 0. The molecular weight excluding hydrogens is 230 g/mol. The third kappa shape index (κ3) is 2.84. The van der Waals surface area contributed by atoms with E-state index >= 15 is 0 Å². The number of carbonyl (C=O) groups is 1. The van der Waals surface area contributed by atoms with Crippen molar-refractivity contribution in [1.29, 1.82) is 0 Å². The van der Waals surface area contributed by atoms with Crippen LogP contribution in [0.25, 0.3) is 0 Å². The van der Waals surface area contributed by atoms with E-state index in [0.29, 0.717) is 6.92 Å². The van der Waals surface area contributed by atoms with Gasteiger partial charge in [0.15, 0.2) is 0 Å². The van der Waals surface area contributed by atoms with Crippen molar-refractivity contribution in [3.63, 3.8) is 0 Å². The highest BCUT2D eigenvalue weighted by Gasteiger charge is 2.53. The molecule has 94 valence electrons. The van der Waals surface area contributed by atoms with Gasteiger partial charge in [0.2, 0.25) is 5.67 Å². The number of halogens is 4. The zero-order chi connectivity index (χ0) is 12.6. The lowest BCUT2D eigenvalue weighted by molar-refractivity contribution is -0.228. The Hall–Kier alpha value is -0.850. The van der Waals surface area contributed by atoms with Crippen LogP contribution in [0.1, 0.15) is 13.3 Å². The molecule has 0 amide bonds. The molecule has 0 bridgehead atoms. The Morgan fingerprint density at radius 2 is 2.00 bits per heavy atom. The fourth-order valence-electron chi connectivity index (χ4n) is 1.69. The molecule has 3 nitrogen and oxygen atoms in total. The highest BCUT2D eigenvalue weighted by atomic mass is 19.4. The lowest BCUT2D eigenvalue weighted by Crippen LogP contribution is -2.47. The van der Waals surface area contributed by atoms with Gasteiger partial charge in [-0.2, -0.15) is 13.2 Å². The number of carboxylic acids is 1. The zero-order valence-electron chi connectivity index (χ0n) is 8.72. The molecule has 2 atom stereocenters. The molecule has 1 aliphatic rings. The van der Waals surface area contributed by atoms with E-state index in [0.717, 1.165) is 0 Å². The molecule has 2 unspecified atom stereocenters. The smallest absolute Gasteiger partial charge is 0.423 e. The van der Waals surface area contributed by atoms with Gasteiger partial charge in [-0.05, 0) is 19.9 Å². The Balaban J connectivity index is 2.54. The summed E-state index contributed by atoms with van der Waals surface area (Å²) in [6.45, 7) is -0.168. The zero-order valence-corrected chi connectivity index (χ0v) is 8.72. The van der Waals surface area contributed by atoms with Crippen LogP contribution in [0, 0.1) is 5.92 Å². The molecule has 1 aliphatic heterocycles. The van der Waals surface area contributed by atoms with Gasteiger partial charge in [0.25, 0.3) is 0 Å². The highest BCUT2D eigenvalue weighted by molar-refractivity contribution is 5.70. The van der Waals surface area contributed by atoms with Gasteiger partial charge in [0.05, 0.1) is 5.92 Å². The first-order valence-corrected chi connectivity index (χ1v) is 4.84. The van der Waals surface area contributed by atoms with Crippen molar-refractivity contribution < 1.29 is 27.5 Å². The predicted molar refractivity (Wildman–Crippen MR) is 47.8 cm³/mol. The monoisotopic (exact) mass is 243 g/mol. The van der Waals surface area contributed by atoms with Crippen LogP contribution >= 0.6 is 0 Å². The number of alkyl halides is 4. The van der Waals surface area contributed by atoms with Crippen molar-refractivity contribution in [2.75, 3.05) is 19.6 Å². The average molecular weight is 243 g/mol. The van der Waals surface area contributed by atoms with Gasteiger partial charge >= 0.3 is 12.1 Å². The Kier molecular flexibility index (Phi) is 3.47. The lowest BCUT2D eigenvalue weighted by Gasteiger charge is -2.28. The molecule has 0 radical (unpaired) electrons. The van der Waals surface area contributed by atoms with Crippen LogP contribution in [0.2, 0.25) is 0 Å². The quantitative estimate of drug-likeness (QED) is 0.767. The number of carboxylic acid groups (broad SMARTS) is 1. The summed E-state index contributed by atoms with van der Waals surface area (Å²) in [5.41, 5.74) is -3.29. The minimum atomic E-state index is -4.92. The van der Waals surface area contributed by atoms with Crippen molar-refractivity contribution >= 4 is 5.97 Å². The molecule has 0 aromatic rings. The minimum absolute atomic E-state index is 0.0229. The second kappa shape index (κ2) is 4.20. The summed E-state index contributed by atoms with van der Waals surface area (Å²) in [5.74, 6) is -1.74. The second-order valence-corrected chi connectivity index (χ2v) is 4.25. The molecule has 0 saturated carbocycles. The normalized spacial score (nSPS) is 26.7. The van der Waals surface area contributed by atoms with Crippen LogP contribution in [0.4, 0.5) is 17.6 Å². The summed E-state index contributed by atoms with van der Waals surface area (Å²) in [4.78, 5) is 11.8. The molecule has 0 spiro atoms. The molecule has 1 fully saturated rings. The van der Waals surface area contributed by atoms with E-state index < -0.39 is 30.3 Å². The molecule has 0 aromatic carbocycles. The molecule has 1 rings (SSSR count). The highest BCUT2D eigenvalue weighted by Crippen LogP contribution is 2.35.